The van der Waals surface area contributed by atoms with Gasteiger partial charge in [0.1, 0.15) is 25.1 Å². The van der Waals surface area contributed by atoms with Crippen molar-refractivity contribution in [3.8, 4) is 0 Å². The fourth-order valence-corrected chi connectivity index (χ4v) is 2.07. The predicted octanol–water partition coefficient (Wildman–Crippen LogP) is 2.07. The number of nitrogens with zero attached hydrogens (tertiary/aromatic N) is 1. The lowest BCUT2D eigenvalue weighted by Gasteiger charge is -2.38. The highest BCUT2D eigenvalue weighted by molar-refractivity contribution is 5.67. The van der Waals surface area contributed by atoms with E-state index in [4.69, 9.17) is 4.74 Å². The topological polar surface area (TPSA) is 49.8 Å². The van der Waals surface area contributed by atoms with Crippen molar-refractivity contribution >= 4 is 6.09 Å². The van der Waals surface area contributed by atoms with Crippen LogP contribution in [-0.2, 0) is 11.3 Å². The minimum atomic E-state index is -1.98. The van der Waals surface area contributed by atoms with Crippen molar-refractivity contribution in [1.82, 2.24) is 4.90 Å². The Morgan fingerprint density at radius 3 is 2.75 bits per heavy atom. The van der Waals surface area contributed by atoms with Crippen LogP contribution >= 0.6 is 0 Å². The van der Waals surface area contributed by atoms with E-state index in [0.29, 0.717) is 0 Å². The Balaban J connectivity index is 1.85. The van der Waals surface area contributed by atoms with Crippen LogP contribution in [0.1, 0.15) is 12.0 Å². The van der Waals surface area contributed by atoms with Crippen LogP contribution in [0.3, 0.4) is 0 Å². The van der Waals surface area contributed by atoms with Gasteiger partial charge in [0, 0.05) is 6.54 Å². The Kier molecular flexibility index (Phi) is 4.54. The molecule has 1 amide bonds. The molecule has 0 aliphatic carbocycles. The summed E-state index contributed by atoms with van der Waals surface area (Å²) in [5.41, 5.74) is -1.15. The number of carbonyl (C=O) groups is 1. The van der Waals surface area contributed by atoms with E-state index in [1.807, 2.05) is 30.3 Å². The van der Waals surface area contributed by atoms with Gasteiger partial charge in [0.2, 0.25) is 0 Å². The standard InChI is InChI=1S/C14H17F2NO3/c15-10-14(19)6-7-17(8-12(14)16)13(18)20-9-11-4-2-1-3-5-11/h1-5,12,19H,6-10H2/t12-,14+/m0/s1. The number of benzene rings is 1. The van der Waals surface area contributed by atoms with Gasteiger partial charge in [0.05, 0.1) is 6.54 Å². The van der Waals surface area contributed by atoms with Crippen LogP contribution in [0.2, 0.25) is 0 Å². The van der Waals surface area contributed by atoms with Crippen molar-refractivity contribution < 1.29 is 23.4 Å². The number of rotatable bonds is 3. The van der Waals surface area contributed by atoms with E-state index < -0.39 is 24.5 Å². The highest BCUT2D eigenvalue weighted by Gasteiger charge is 2.43. The summed E-state index contributed by atoms with van der Waals surface area (Å²) < 4.78 is 31.3. The lowest BCUT2D eigenvalue weighted by Crippen LogP contribution is -2.56. The van der Waals surface area contributed by atoms with Crippen LogP contribution < -0.4 is 0 Å². The average molecular weight is 285 g/mol. The summed E-state index contributed by atoms with van der Waals surface area (Å²) in [6, 6.07) is 9.11. The maximum absolute atomic E-state index is 13.7. The second-order valence-electron chi connectivity index (χ2n) is 4.94. The molecule has 2 atom stereocenters. The van der Waals surface area contributed by atoms with Crippen molar-refractivity contribution in [2.75, 3.05) is 19.8 Å². The lowest BCUT2D eigenvalue weighted by molar-refractivity contribution is -0.0934. The molecule has 2 rings (SSSR count). The number of hydrogen-bond donors (Lipinski definition) is 1. The molecule has 4 nitrogen and oxygen atoms in total. The molecule has 0 aromatic heterocycles. The first-order valence-corrected chi connectivity index (χ1v) is 6.43. The van der Waals surface area contributed by atoms with Crippen LogP contribution in [0.15, 0.2) is 30.3 Å². The average Bonchev–Trinajstić information content (AvgIpc) is 2.48. The molecule has 0 bridgehead atoms. The Morgan fingerprint density at radius 2 is 2.15 bits per heavy atom. The lowest BCUT2D eigenvalue weighted by atomic mass is 9.91. The maximum Gasteiger partial charge on any atom is 0.410 e. The molecule has 1 N–H and O–H groups in total. The predicted molar refractivity (Wildman–Crippen MR) is 68.6 cm³/mol. The van der Waals surface area contributed by atoms with Gasteiger partial charge in [-0.05, 0) is 12.0 Å². The summed E-state index contributed by atoms with van der Waals surface area (Å²) >= 11 is 0. The van der Waals surface area contributed by atoms with Gasteiger partial charge in [0.25, 0.3) is 0 Å². The number of piperidine rings is 1. The van der Waals surface area contributed by atoms with Crippen LogP contribution in [0, 0.1) is 0 Å². The fraction of sp³-hybridized carbons (Fsp3) is 0.500. The third-order valence-corrected chi connectivity index (χ3v) is 3.47. The van der Waals surface area contributed by atoms with Gasteiger partial charge >= 0.3 is 6.09 Å². The van der Waals surface area contributed by atoms with Crippen molar-refractivity contribution in [2.45, 2.75) is 24.8 Å². The van der Waals surface area contributed by atoms with E-state index in [2.05, 4.69) is 0 Å². The smallest absolute Gasteiger partial charge is 0.410 e. The van der Waals surface area contributed by atoms with E-state index >= 15 is 0 Å². The SMILES string of the molecule is O=C(OCc1ccccc1)N1CC[C@@](O)(CF)[C@@H](F)C1. The zero-order valence-corrected chi connectivity index (χ0v) is 11.0. The van der Waals surface area contributed by atoms with Gasteiger partial charge in [-0.3, -0.25) is 0 Å². The molecule has 1 heterocycles. The van der Waals surface area contributed by atoms with E-state index in [-0.39, 0.29) is 26.1 Å². The molecule has 0 radical (unpaired) electrons. The van der Waals surface area contributed by atoms with E-state index in [0.717, 1.165) is 10.5 Å². The van der Waals surface area contributed by atoms with E-state index in [9.17, 15) is 18.7 Å². The second-order valence-corrected chi connectivity index (χ2v) is 4.94. The molecule has 1 aromatic rings. The quantitative estimate of drug-likeness (QED) is 0.925. The molecule has 0 saturated carbocycles. The molecule has 20 heavy (non-hydrogen) atoms. The molecule has 1 aliphatic rings. The maximum atomic E-state index is 13.7. The number of alkyl halides is 2. The Bertz CT molecular complexity index is 457. The summed E-state index contributed by atoms with van der Waals surface area (Å²) in [6.45, 7) is -1.33. The normalized spacial score (nSPS) is 26.4. The van der Waals surface area contributed by atoms with E-state index in [1.54, 1.807) is 0 Å². The first-order valence-electron chi connectivity index (χ1n) is 6.43. The summed E-state index contributed by atoms with van der Waals surface area (Å²) in [5.74, 6) is 0. The molecular weight excluding hydrogens is 268 g/mol. The van der Waals surface area contributed by atoms with Crippen LogP contribution in [0.4, 0.5) is 13.6 Å². The van der Waals surface area contributed by atoms with Gasteiger partial charge in [-0.2, -0.15) is 0 Å². The first kappa shape index (κ1) is 14.7. The molecule has 1 fully saturated rings. The zero-order chi connectivity index (χ0) is 14.6. The van der Waals surface area contributed by atoms with Crippen molar-refractivity contribution in [1.29, 1.82) is 0 Å². The third kappa shape index (κ3) is 3.25. The molecule has 0 unspecified atom stereocenters. The molecule has 1 aromatic carbocycles. The summed E-state index contributed by atoms with van der Waals surface area (Å²) in [4.78, 5) is 12.9. The second kappa shape index (κ2) is 6.17. The van der Waals surface area contributed by atoms with Crippen molar-refractivity contribution in [3.63, 3.8) is 0 Å². The Labute approximate surface area is 116 Å². The molecule has 1 aliphatic heterocycles. The summed E-state index contributed by atoms with van der Waals surface area (Å²) in [7, 11) is 0. The molecule has 0 spiro atoms. The highest BCUT2D eigenvalue weighted by atomic mass is 19.1. The largest absolute Gasteiger partial charge is 0.445 e. The van der Waals surface area contributed by atoms with Gasteiger partial charge in [-0.25, -0.2) is 13.6 Å². The number of likely N-dealkylation sites (tertiary alicyclic amines) is 1. The third-order valence-electron chi connectivity index (χ3n) is 3.47. The molecule has 110 valence electrons. The number of amides is 1. The number of halogens is 2. The summed E-state index contributed by atoms with van der Waals surface area (Å²) in [6.07, 6.45) is -2.59. The zero-order valence-electron chi connectivity index (χ0n) is 11.0. The van der Waals surface area contributed by atoms with Gasteiger partial charge in [-0.1, -0.05) is 30.3 Å². The number of carbonyl (C=O) groups excluding carboxylic acids is 1. The Morgan fingerprint density at radius 1 is 1.45 bits per heavy atom. The summed E-state index contributed by atoms with van der Waals surface area (Å²) in [5, 5.41) is 9.63. The Hall–Kier alpha value is -1.69. The number of ether oxygens (including phenoxy) is 1. The fourth-order valence-electron chi connectivity index (χ4n) is 2.07. The van der Waals surface area contributed by atoms with Gasteiger partial charge in [0.15, 0.2) is 0 Å². The van der Waals surface area contributed by atoms with E-state index in [1.165, 1.54) is 0 Å². The minimum Gasteiger partial charge on any atom is -0.445 e. The van der Waals surface area contributed by atoms with Gasteiger partial charge < -0.3 is 14.7 Å². The van der Waals surface area contributed by atoms with Crippen molar-refractivity contribution in [3.05, 3.63) is 35.9 Å². The minimum absolute atomic E-state index is 0.0778. The monoisotopic (exact) mass is 285 g/mol. The molecule has 6 heteroatoms. The van der Waals surface area contributed by atoms with Crippen LogP contribution in [-0.4, -0.2) is 47.6 Å². The van der Waals surface area contributed by atoms with Gasteiger partial charge in [-0.15, -0.1) is 0 Å². The number of aliphatic hydroxyl groups is 1. The van der Waals surface area contributed by atoms with Crippen LogP contribution in [0.5, 0.6) is 0 Å². The number of hydrogen-bond acceptors (Lipinski definition) is 3. The van der Waals surface area contributed by atoms with Crippen LogP contribution in [0.25, 0.3) is 0 Å². The first-order chi connectivity index (χ1) is 9.55. The molecular formula is C14H17F2NO3. The highest BCUT2D eigenvalue weighted by Crippen LogP contribution is 2.26. The molecule has 1 saturated heterocycles. The van der Waals surface area contributed by atoms with Crippen molar-refractivity contribution in [2.24, 2.45) is 0 Å².